The van der Waals surface area contributed by atoms with E-state index in [9.17, 15) is 13.2 Å². The molecule has 0 aromatic heterocycles. The van der Waals surface area contributed by atoms with Gasteiger partial charge in [-0.3, -0.25) is 9.69 Å². The molecule has 23 heavy (non-hydrogen) atoms. The second kappa shape index (κ2) is 7.72. The summed E-state index contributed by atoms with van der Waals surface area (Å²) < 4.78 is 24.5. The van der Waals surface area contributed by atoms with E-state index in [4.69, 9.17) is 0 Å². The molecule has 1 N–H and O–H groups in total. The number of amides is 1. The Balaban J connectivity index is 1.94. The summed E-state index contributed by atoms with van der Waals surface area (Å²) in [5.41, 5.74) is 1.67. The van der Waals surface area contributed by atoms with Gasteiger partial charge in [0.2, 0.25) is 10.0 Å². The van der Waals surface area contributed by atoms with Crippen molar-refractivity contribution < 1.29 is 13.2 Å². The molecule has 7 heteroatoms. The fourth-order valence-electron chi connectivity index (χ4n) is 2.56. The van der Waals surface area contributed by atoms with Crippen LogP contribution in [-0.2, 0) is 16.6 Å². The molecule has 1 amide bonds. The minimum Gasteiger partial charge on any atom is -0.349 e. The van der Waals surface area contributed by atoms with Gasteiger partial charge in [0.1, 0.15) is 0 Å². The van der Waals surface area contributed by atoms with Crippen LogP contribution in [0.2, 0.25) is 0 Å². The number of benzene rings is 1. The number of nitrogens with zero attached hydrogens (tertiary/aromatic N) is 2. The highest BCUT2D eigenvalue weighted by molar-refractivity contribution is 7.88. The van der Waals surface area contributed by atoms with Crippen LogP contribution in [0.3, 0.4) is 0 Å². The lowest BCUT2D eigenvalue weighted by molar-refractivity contribution is 0.0957. The molecule has 6 nitrogen and oxygen atoms in total. The molecule has 1 aliphatic heterocycles. The molecule has 0 unspecified atom stereocenters. The quantitative estimate of drug-likeness (QED) is 0.775. The van der Waals surface area contributed by atoms with Crippen molar-refractivity contribution in [3.8, 4) is 0 Å². The van der Waals surface area contributed by atoms with Gasteiger partial charge < -0.3 is 5.32 Å². The third kappa shape index (κ3) is 5.16. The molecule has 126 valence electrons. The Morgan fingerprint density at radius 1 is 1.30 bits per heavy atom. The van der Waals surface area contributed by atoms with Crippen LogP contribution in [-0.4, -0.2) is 62.5 Å². The number of carbonyl (C=O) groups excluding carboxylic acids is 1. The molecule has 1 saturated heterocycles. The first-order valence-electron chi connectivity index (χ1n) is 7.55. The van der Waals surface area contributed by atoms with Crippen LogP contribution < -0.4 is 5.32 Å². The van der Waals surface area contributed by atoms with Crippen LogP contribution in [0, 0.1) is 0 Å². The predicted octanol–water partition coefficient (Wildman–Crippen LogP) is 0.680. The summed E-state index contributed by atoms with van der Waals surface area (Å²) in [7, 11) is -3.10. The van der Waals surface area contributed by atoms with Gasteiger partial charge >= 0.3 is 0 Å². The van der Waals surface area contributed by atoms with Crippen molar-refractivity contribution in [2.45, 2.75) is 6.54 Å². The zero-order valence-corrected chi connectivity index (χ0v) is 14.2. The van der Waals surface area contributed by atoms with E-state index in [1.54, 1.807) is 12.1 Å². The number of nitrogens with one attached hydrogen (secondary N) is 1. The van der Waals surface area contributed by atoms with Gasteiger partial charge in [0.25, 0.3) is 5.91 Å². The first-order valence-corrected chi connectivity index (χ1v) is 9.40. The highest BCUT2D eigenvalue weighted by Gasteiger charge is 2.23. The van der Waals surface area contributed by atoms with Gasteiger partial charge in [-0.05, 0) is 17.7 Å². The van der Waals surface area contributed by atoms with Crippen molar-refractivity contribution in [2.75, 3.05) is 39.0 Å². The lowest BCUT2D eigenvalue weighted by atomic mass is 10.1. The SMILES string of the molecule is C=CCNC(=O)c1cccc(CN2CCN(S(C)(=O)=O)CC2)c1. The number of piperazine rings is 1. The van der Waals surface area contributed by atoms with Gasteiger partial charge in [0.15, 0.2) is 0 Å². The smallest absolute Gasteiger partial charge is 0.251 e. The summed E-state index contributed by atoms with van der Waals surface area (Å²) in [5, 5.41) is 2.76. The maximum absolute atomic E-state index is 12.0. The molecule has 0 radical (unpaired) electrons. The molecule has 1 fully saturated rings. The number of sulfonamides is 1. The van der Waals surface area contributed by atoms with Gasteiger partial charge in [-0.1, -0.05) is 18.2 Å². The number of hydrogen-bond donors (Lipinski definition) is 1. The van der Waals surface area contributed by atoms with Crippen molar-refractivity contribution in [3.05, 3.63) is 48.0 Å². The second-order valence-electron chi connectivity index (χ2n) is 5.64. The summed E-state index contributed by atoms with van der Waals surface area (Å²) in [6.07, 6.45) is 2.89. The Kier molecular flexibility index (Phi) is 5.92. The fraction of sp³-hybridized carbons (Fsp3) is 0.438. The Hall–Kier alpha value is -1.70. The van der Waals surface area contributed by atoms with Gasteiger partial charge in [-0.25, -0.2) is 8.42 Å². The molecule has 1 aromatic carbocycles. The molecule has 1 aromatic rings. The largest absolute Gasteiger partial charge is 0.349 e. The molecule has 0 bridgehead atoms. The average Bonchev–Trinajstić information content (AvgIpc) is 2.52. The molecule has 2 rings (SSSR count). The van der Waals surface area contributed by atoms with E-state index in [1.807, 2.05) is 18.2 Å². The predicted molar refractivity (Wildman–Crippen MR) is 90.7 cm³/mol. The standard InChI is InChI=1S/C16H23N3O3S/c1-3-7-17-16(20)15-6-4-5-14(12-15)13-18-8-10-19(11-9-18)23(2,21)22/h3-6,12H,1,7-11,13H2,2H3,(H,17,20). The molecule has 0 atom stereocenters. The van der Waals surface area contributed by atoms with Gasteiger partial charge in [0, 0.05) is 44.8 Å². The molecule has 1 aliphatic rings. The Labute approximate surface area is 137 Å². The Morgan fingerprint density at radius 3 is 2.61 bits per heavy atom. The van der Waals surface area contributed by atoms with E-state index in [2.05, 4.69) is 16.8 Å². The van der Waals surface area contributed by atoms with Gasteiger partial charge in [-0.2, -0.15) is 4.31 Å². The fourth-order valence-corrected chi connectivity index (χ4v) is 3.38. The number of hydrogen-bond acceptors (Lipinski definition) is 4. The van der Waals surface area contributed by atoms with Crippen LogP contribution in [0.5, 0.6) is 0 Å². The maximum Gasteiger partial charge on any atom is 0.251 e. The highest BCUT2D eigenvalue weighted by atomic mass is 32.2. The summed E-state index contributed by atoms with van der Waals surface area (Å²) >= 11 is 0. The van der Waals surface area contributed by atoms with Crippen molar-refractivity contribution >= 4 is 15.9 Å². The van der Waals surface area contributed by atoms with Crippen molar-refractivity contribution in [2.24, 2.45) is 0 Å². The van der Waals surface area contributed by atoms with E-state index in [-0.39, 0.29) is 5.91 Å². The van der Waals surface area contributed by atoms with E-state index < -0.39 is 10.0 Å². The van der Waals surface area contributed by atoms with Gasteiger partial charge in [0.05, 0.1) is 6.26 Å². The van der Waals surface area contributed by atoms with Crippen LogP contribution in [0.4, 0.5) is 0 Å². The van der Waals surface area contributed by atoms with Crippen LogP contribution in [0.15, 0.2) is 36.9 Å². The van der Waals surface area contributed by atoms with E-state index in [1.165, 1.54) is 10.6 Å². The van der Waals surface area contributed by atoms with Crippen LogP contribution in [0.1, 0.15) is 15.9 Å². The van der Waals surface area contributed by atoms with Crippen molar-refractivity contribution in [1.29, 1.82) is 0 Å². The molecular weight excluding hydrogens is 314 g/mol. The van der Waals surface area contributed by atoms with Crippen LogP contribution >= 0.6 is 0 Å². The highest BCUT2D eigenvalue weighted by Crippen LogP contribution is 2.12. The minimum atomic E-state index is -3.10. The second-order valence-corrected chi connectivity index (χ2v) is 7.62. The monoisotopic (exact) mass is 337 g/mol. The first kappa shape index (κ1) is 17.7. The number of carbonyl (C=O) groups is 1. The van der Waals surface area contributed by atoms with E-state index in [0.717, 1.165) is 5.56 Å². The Bertz CT molecular complexity index is 665. The molecule has 0 aliphatic carbocycles. The molecular formula is C16H23N3O3S. The lowest BCUT2D eigenvalue weighted by Gasteiger charge is -2.33. The normalized spacial score (nSPS) is 16.9. The molecule has 0 saturated carbocycles. The number of rotatable bonds is 6. The van der Waals surface area contributed by atoms with E-state index in [0.29, 0.717) is 44.8 Å². The van der Waals surface area contributed by atoms with Gasteiger partial charge in [-0.15, -0.1) is 6.58 Å². The third-order valence-corrected chi connectivity index (χ3v) is 5.11. The first-order chi connectivity index (χ1) is 10.9. The maximum atomic E-state index is 12.0. The lowest BCUT2D eigenvalue weighted by Crippen LogP contribution is -2.47. The zero-order valence-electron chi connectivity index (χ0n) is 13.4. The zero-order chi connectivity index (χ0) is 16.9. The third-order valence-electron chi connectivity index (χ3n) is 3.80. The summed E-state index contributed by atoms with van der Waals surface area (Å²) in [5.74, 6) is -0.117. The molecule has 1 heterocycles. The summed E-state index contributed by atoms with van der Waals surface area (Å²) in [4.78, 5) is 14.2. The van der Waals surface area contributed by atoms with Crippen LogP contribution in [0.25, 0.3) is 0 Å². The topological polar surface area (TPSA) is 69.7 Å². The van der Waals surface area contributed by atoms with E-state index >= 15 is 0 Å². The average molecular weight is 337 g/mol. The van der Waals surface area contributed by atoms with Crippen molar-refractivity contribution in [1.82, 2.24) is 14.5 Å². The summed E-state index contributed by atoms with van der Waals surface area (Å²) in [6.45, 7) is 7.14. The molecule has 0 spiro atoms. The Morgan fingerprint density at radius 2 is 2.00 bits per heavy atom. The van der Waals surface area contributed by atoms with Crippen molar-refractivity contribution in [3.63, 3.8) is 0 Å². The summed E-state index contributed by atoms with van der Waals surface area (Å²) in [6, 6.07) is 7.50. The minimum absolute atomic E-state index is 0.117.